The Balaban J connectivity index is 1.58. The second kappa shape index (κ2) is 10.9. The predicted molar refractivity (Wildman–Crippen MR) is 141 cm³/mol. The third-order valence-corrected chi connectivity index (χ3v) is 6.26. The van der Waals surface area contributed by atoms with Crippen LogP contribution in [0.2, 0.25) is 10.0 Å². The summed E-state index contributed by atoms with van der Waals surface area (Å²) >= 11 is 13.1. The van der Waals surface area contributed by atoms with E-state index in [0.29, 0.717) is 44.0 Å². The van der Waals surface area contributed by atoms with Crippen LogP contribution in [-0.2, 0) is 0 Å². The van der Waals surface area contributed by atoms with Crippen molar-refractivity contribution in [2.75, 3.05) is 45.0 Å². The van der Waals surface area contributed by atoms with Crippen LogP contribution in [0.3, 0.4) is 0 Å². The minimum atomic E-state index is -0.257. The maximum Gasteiger partial charge on any atom is 0.256 e. The zero-order chi connectivity index (χ0) is 24.9. The minimum Gasteiger partial charge on any atom is -0.495 e. The van der Waals surface area contributed by atoms with Gasteiger partial charge in [-0.3, -0.25) is 9.89 Å². The summed E-state index contributed by atoms with van der Waals surface area (Å²) in [5.74, 6) is 1.06. The first-order chi connectivity index (χ1) is 17.0. The standard InChI is InChI=1S/C25H25Cl2N5O3/c1-28-10-11-29-16-7-4-14(5-8-16)25(33)30-24-17-9-6-15(12-18(17)31-32-24)21-22(26)19(34-2)13-20(35-3)23(21)27/h4-9,12-13,28-29H,10-11H2,1-3H3,(H2,30,31,32,33). The number of hydrogen-bond donors (Lipinski definition) is 4. The summed E-state index contributed by atoms with van der Waals surface area (Å²) in [6.07, 6.45) is 0. The SMILES string of the molecule is CNCCNc1ccc(C(=O)Nc2n[nH]c3cc(-c4c(Cl)c(OC)cc(OC)c4Cl)ccc23)cc1. The quantitative estimate of drug-likeness (QED) is 0.222. The molecule has 0 aliphatic carbocycles. The molecule has 182 valence electrons. The molecule has 1 heterocycles. The summed E-state index contributed by atoms with van der Waals surface area (Å²) in [7, 11) is 4.95. The number of anilines is 2. The van der Waals surface area contributed by atoms with Gasteiger partial charge in [-0.15, -0.1) is 0 Å². The van der Waals surface area contributed by atoms with Gasteiger partial charge in [-0.1, -0.05) is 29.3 Å². The molecule has 0 aliphatic rings. The number of rotatable bonds is 9. The summed E-state index contributed by atoms with van der Waals surface area (Å²) in [6, 6.07) is 14.5. The highest BCUT2D eigenvalue weighted by Crippen LogP contribution is 2.46. The fourth-order valence-electron chi connectivity index (χ4n) is 3.66. The van der Waals surface area contributed by atoms with Gasteiger partial charge in [0, 0.05) is 41.4 Å². The molecular formula is C25H25Cl2N5O3. The minimum absolute atomic E-state index is 0.257. The van der Waals surface area contributed by atoms with E-state index < -0.39 is 0 Å². The highest BCUT2D eigenvalue weighted by molar-refractivity contribution is 6.41. The van der Waals surface area contributed by atoms with Crippen molar-refractivity contribution in [3.63, 3.8) is 0 Å². The van der Waals surface area contributed by atoms with Gasteiger partial charge in [0.1, 0.15) is 11.5 Å². The monoisotopic (exact) mass is 513 g/mol. The zero-order valence-electron chi connectivity index (χ0n) is 19.5. The Kier molecular flexibility index (Phi) is 7.65. The van der Waals surface area contributed by atoms with Gasteiger partial charge in [-0.25, -0.2) is 0 Å². The summed E-state index contributed by atoms with van der Waals surface area (Å²) in [5.41, 5.74) is 3.50. The number of nitrogens with zero attached hydrogens (tertiary/aromatic N) is 1. The Morgan fingerprint density at radius 3 is 2.29 bits per heavy atom. The van der Waals surface area contributed by atoms with Gasteiger partial charge in [0.25, 0.3) is 5.91 Å². The van der Waals surface area contributed by atoms with E-state index in [-0.39, 0.29) is 5.91 Å². The number of carbonyl (C=O) groups is 1. The molecule has 0 bridgehead atoms. The van der Waals surface area contributed by atoms with Crippen LogP contribution in [0.5, 0.6) is 11.5 Å². The first-order valence-corrected chi connectivity index (χ1v) is 11.6. The van der Waals surface area contributed by atoms with Gasteiger partial charge in [0.2, 0.25) is 0 Å². The molecule has 0 unspecified atom stereocenters. The molecule has 1 aromatic heterocycles. The summed E-state index contributed by atoms with van der Waals surface area (Å²) in [5, 5.41) is 17.9. The average molecular weight is 514 g/mol. The van der Waals surface area contributed by atoms with Gasteiger partial charge < -0.3 is 25.4 Å². The van der Waals surface area contributed by atoms with Gasteiger partial charge in [0.15, 0.2) is 5.82 Å². The molecule has 10 heteroatoms. The molecule has 1 amide bonds. The van der Waals surface area contributed by atoms with Gasteiger partial charge in [0.05, 0.1) is 29.8 Å². The Morgan fingerprint density at radius 1 is 0.971 bits per heavy atom. The lowest BCUT2D eigenvalue weighted by Crippen LogP contribution is -2.17. The van der Waals surface area contributed by atoms with Crippen molar-refractivity contribution in [3.8, 4) is 22.6 Å². The summed E-state index contributed by atoms with van der Waals surface area (Å²) in [6.45, 7) is 1.64. The lowest BCUT2D eigenvalue weighted by atomic mass is 10.0. The number of nitrogens with one attached hydrogen (secondary N) is 4. The van der Waals surface area contributed by atoms with Crippen molar-refractivity contribution in [1.82, 2.24) is 15.5 Å². The lowest BCUT2D eigenvalue weighted by Gasteiger charge is -2.14. The number of benzene rings is 3. The number of aromatic nitrogens is 2. The second-order valence-corrected chi connectivity index (χ2v) is 8.43. The maximum absolute atomic E-state index is 12.8. The Labute approximate surface area is 212 Å². The highest BCUT2D eigenvalue weighted by atomic mass is 35.5. The van der Waals surface area contributed by atoms with Crippen LogP contribution >= 0.6 is 23.2 Å². The zero-order valence-corrected chi connectivity index (χ0v) is 21.0. The Morgan fingerprint density at radius 2 is 1.66 bits per heavy atom. The molecule has 8 nitrogen and oxygen atoms in total. The predicted octanol–water partition coefficient (Wildman–Crippen LogP) is 5.44. The average Bonchev–Trinajstić information content (AvgIpc) is 3.27. The van der Waals surface area contributed by atoms with Crippen LogP contribution in [0.15, 0.2) is 48.5 Å². The Bertz CT molecular complexity index is 1330. The molecule has 0 spiro atoms. The van der Waals surface area contributed by atoms with Gasteiger partial charge in [-0.05, 0) is 49.0 Å². The molecule has 4 aromatic rings. The van der Waals surface area contributed by atoms with Crippen LogP contribution in [-0.4, -0.2) is 50.5 Å². The number of likely N-dealkylation sites (N-methyl/N-ethyl adjacent to an activating group) is 1. The van der Waals surface area contributed by atoms with E-state index in [1.165, 1.54) is 14.2 Å². The highest BCUT2D eigenvalue weighted by Gasteiger charge is 2.20. The van der Waals surface area contributed by atoms with E-state index in [9.17, 15) is 4.79 Å². The third kappa shape index (κ3) is 5.14. The number of halogens is 2. The molecule has 0 radical (unpaired) electrons. The van der Waals surface area contributed by atoms with Crippen molar-refractivity contribution in [2.24, 2.45) is 0 Å². The number of amides is 1. The topological polar surface area (TPSA) is 100 Å². The number of carbonyl (C=O) groups excluding carboxylic acids is 1. The lowest BCUT2D eigenvalue weighted by molar-refractivity contribution is 0.102. The van der Waals surface area contributed by atoms with Crippen LogP contribution in [0.25, 0.3) is 22.0 Å². The molecule has 0 saturated carbocycles. The molecule has 35 heavy (non-hydrogen) atoms. The Hall–Kier alpha value is -3.46. The largest absolute Gasteiger partial charge is 0.495 e. The van der Waals surface area contributed by atoms with Crippen LogP contribution in [0.4, 0.5) is 11.5 Å². The van der Waals surface area contributed by atoms with Crippen LogP contribution < -0.4 is 25.4 Å². The number of fused-ring (bicyclic) bond motifs is 1. The van der Waals surface area contributed by atoms with Gasteiger partial charge in [-0.2, -0.15) is 5.10 Å². The number of ether oxygens (including phenoxy) is 2. The smallest absolute Gasteiger partial charge is 0.256 e. The number of methoxy groups -OCH3 is 2. The van der Waals surface area contributed by atoms with Gasteiger partial charge >= 0.3 is 0 Å². The molecular weight excluding hydrogens is 489 g/mol. The summed E-state index contributed by atoms with van der Waals surface area (Å²) < 4.78 is 10.7. The third-order valence-electron chi connectivity index (χ3n) is 5.51. The second-order valence-electron chi connectivity index (χ2n) is 7.68. The van der Waals surface area contributed by atoms with Crippen molar-refractivity contribution in [1.29, 1.82) is 0 Å². The fraction of sp³-hybridized carbons (Fsp3) is 0.200. The van der Waals surface area contributed by atoms with Crippen molar-refractivity contribution < 1.29 is 14.3 Å². The first-order valence-electron chi connectivity index (χ1n) is 10.8. The van der Waals surface area contributed by atoms with E-state index in [0.717, 1.165) is 29.7 Å². The van der Waals surface area contributed by atoms with E-state index in [2.05, 4.69) is 26.1 Å². The van der Waals surface area contributed by atoms with Crippen molar-refractivity contribution in [3.05, 3.63) is 64.1 Å². The summed E-state index contributed by atoms with van der Waals surface area (Å²) in [4.78, 5) is 12.8. The molecule has 4 N–H and O–H groups in total. The fourth-order valence-corrected chi connectivity index (χ4v) is 4.38. The molecule has 0 atom stereocenters. The molecule has 0 saturated heterocycles. The number of H-pyrrole nitrogens is 1. The van der Waals surface area contributed by atoms with E-state index in [4.69, 9.17) is 32.7 Å². The maximum atomic E-state index is 12.8. The molecule has 4 rings (SSSR count). The molecule has 3 aromatic carbocycles. The number of hydrogen-bond acceptors (Lipinski definition) is 6. The molecule has 0 aliphatic heterocycles. The van der Waals surface area contributed by atoms with E-state index >= 15 is 0 Å². The number of aromatic amines is 1. The first kappa shape index (κ1) is 24.7. The van der Waals surface area contributed by atoms with Crippen molar-refractivity contribution >= 4 is 51.5 Å². The van der Waals surface area contributed by atoms with E-state index in [1.54, 1.807) is 18.2 Å². The molecule has 0 fully saturated rings. The normalized spacial score (nSPS) is 10.9. The van der Waals surface area contributed by atoms with Crippen LogP contribution in [0, 0.1) is 0 Å². The van der Waals surface area contributed by atoms with E-state index in [1.807, 2.05) is 37.4 Å². The van der Waals surface area contributed by atoms with Crippen LogP contribution in [0.1, 0.15) is 10.4 Å². The van der Waals surface area contributed by atoms with Crippen molar-refractivity contribution in [2.45, 2.75) is 0 Å².